The van der Waals surface area contributed by atoms with Crippen LogP contribution in [0.15, 0.2) is 30.3 Å². The van der Waals surface area contributed by atoms with Gasteiger partial charge in [0.05, 0.1) is 0 Å². The highest BCUT2D eigenvalue weighted by molar-refractivity contribution is 7.11. The molecule has 0 bridgehead atoms. The molecule has 1 atom stereocenters. The van der Waals surface area contributed by atoms with E-state index in [2.05, 4.69) is 24.4 Å². The maximum Gasteiger partial charge on any atom is 0.130 e. The summed E-state index contributed by atoms with van der Waals surface area (Å²) < 4.78 is 26.9. The van der Waals surface area contributed by atoms with Gasteiger partial charge < -0.3 is 5.32 Å². The maximum absolute atomic E-state index is 13.9. The Hall–Kier alpha value is -1.26. The first kappa shape index (κ1) is 15.1. The molecule has 0 saturated carbocycles. The summed E-state index contributed by atoms with van der Waals surface area (Å²) in [6.45, 7) is 4.85. The van der Waals surface area contributed by atoms with E-state index in [0.29, 0.717) is 5.56 Å². The summed E-state index contributed by atoms with van der Waals surface area (Å²) in [5.74, 6) is -1.02. The molecule has 0 amide bonds. The molecule has 1 N–H and O–H groups in total. The number of hydrogen-bond donors (Lipinski definition) is 1. The molecule has 2 rings (SSSR count). The quantitative estimate of drug-likeness (QED) is 0.828. The monoisotopic (exact) mass is 295 g/mol. The molecule has 1 aromatic carbocycles. The molecule has 0 spiro atoms. The van der Waals surface area contributed by atoms with Crippen molar-refractivity contribution < 1.29 is 8.78 Å². The fraction of sp³-hybridized carbons (Fsp3) is 0.375. The van der Waals surface area contributed by atoms with Gasteiger partial charge in [0.15, 0.2) is 0 Å². The molecule has 0 aliphatic heterocycles. The fourth-order valence-electron chi connectivity index (χ4n) is 2.25. The average molecular weight is 295 g/mol. The third-order valence-electron chi connectivity index (χ3n) is 3.26. The number of rotatable bonds is 6. The van der Waals surface area contributed by atoms with Crippen LogP contribution in [0.3, 0.4) is 0 Å². The van der Waals surface area contributed by atoms with E-state index in [1.165, 1.54) is 21.9 Å². The second-order valence-electron chi connectivity index (χ2n) is 4.70. The Morgan fingerprint density at radius 2 is 1.85 bits per heavy atom. The van der Waals surface area contributed by atoms with Crippen LogP contribution in [-0.2, 0) is 12.8 Å². The van der Waals surface area contributed by atoms with Crippen molar-refractivity contribution in [1.82, 2.24) is 5.32 Å². The van der Waals surface area contributed by atoms with Gasteiger partial charge in [0.25, 0.3) is 0 Å². The number of thiophene rings is 1. The molecule has 20 heavy (non-hydrogen) atoms. The van der Waals surface area contributed by atoms with E-state index in [9.17, 15) is 8.78 Å². The Labute approximate surface area is 122 Å². The van der Waals surface area contributed by atoms with Gasteiger partial charge in [-0.25, -0.2) is 8.78 Å². The van der Waals surface area contributed by atoms with Crippen molar-refractivity contribution in [2.45, 2.75) is 32.7 Å². The minimum absolute atomic E-state index is 0.121. The lowest BCUT2D eigenvalue weighted by Gasteiger charge is -2.18. The van der Waals surface area contributed by atoms with E-state index in [4.69, 9.17) is 0 Å². The van der Waals surface area contributed by atoms with Gasteiger partial charge in [-0.15, -0.1) is 11.3 Å². The minimum atomic E-state index is -0.536. The molecule has 0 aliphatic carbocycles. The van der Waals surface area contributed by atoms with Crippen molar-refractivity contribution in [3.63, 3.8) is 0 Å². The first-order valence-electron chi connectivity index (χ1n) is 6.90. The summed E-state index contributed by atoms with van der Waals surface area (Å²) in [6, 6.07) is 7.88. The molecular formula is C16H19F2NS. The highest BCUT2D eigenvalue weighted by Gasteiger charge is 2.17. The molecule has 1 unspecified atom stereocenters. The fourth-order valence-corrected chi connectivity index (χ4v) is 3.25. The third kappa shape index (κ3) is 3.64. The van der Waals surface area contributed by atoms with Gasteiger partial charge in [0.1, 0.15) is 11.6 Å². The molecule has 2 aromatic rings. The predicted molar refractivity (Wildman–Crippen MR) is 80.2 cm³/mol. The lowest BCUT2D eigenvalue weighted by Crippen LogP contribution is -2.23. The van der Waals surface area contributed by atoms with E-state index in [0.717, 1.165) is 25.5 Å². The Balaban J connectivity index is 2.21. The number of benzene rings is 1. The Kier molecular flexibility index (Phi) is 5.26. The smallest absolute Gasteiger partial charge is 0.130 e. The Morgan fingerprint density at radius 1 is 1.10 bits per heavy atom. The molecule has 1 aromatic heterocycles. The number of nitrogens with one attached hydrogen (secondary N) is 1. The van der Waals surface area contributed by atoms with Crippen molar-refractivity contribution >= 4 is 11.3 Å². The van der Waals surface area contributed by atoms with Gasteiger partial charge in [-0.2, -0.15) is 0 Å². The zero-order valence-electron chi connectivity index (χ0n) is 11.7. The van der Waals surface area contributed by atoms with Crippen LogP contribution in [-0.4, -0.2) is 6.54 Å². The van der Waals surface area contributed by atoms with Crippen LogP contribution >= 0.6 is 11.3 Å². The highest BCUT2D eigenvalue weighted by atomic mass is 32.1. The van der Waals surface area contributed by atoms with Gasteiger partial charge in [0.2, 0.25) is 0 Å². The molecule has 0 saturated heterocycles. The number of aryl methyl sites for hydroxylation is 1. The Morgan fingerprint density at radius 3 is 2.45 bits per heavy atom. The summed E-state index contributed by atoms with van der Waals surface area (Å²) in [5, 5.41) is 3.28. The molecule has 0 radical (unpaired) electrons. The van der Waals surface area contributed by atoms with Gasteiger partial charge in [-0.1, -0.05) is 19.9 Å². The number of hydrogen-bond acceptors (Lipinski definition) is 2. The van der Waals surface area contributed by atoms with Crippen LogP contribution in [0.5, 0.6) is 0 Å². The van der Waals surface area contributed by atoms with Crippen LogP contribution in [0, 0.1) is 11.6 Å². The Bertz CT molecular complexity index is 565. The van der Waals surface area contributed by atoms with E-state index < -0.39 is 11.6 Å². The lowest BCUT2D eigenvalue weighted by atomic mass is 10.0. The summed E-state index contributed by atoms with van der Waals surface area (Å²) in [5.41, 5.74) is 0.527. The van der Waals surface area contributed by atoms with Crippen LogP contribution in [0.25, 0.3) is 0 Å². The number of halogens is 2. The van der Waals surface area contributed by atoms with Gasteiger partial charge in [0, 0.05) is 33.8 Å². The predicted octanol–water partition coefficient (Wildman–Crippen LogP) is 4.48. The zero-order chi connectivity index (χ0) is 14.5. The normalized spacial score (nSPS) is 12.6. The van der Waals surface area contributed by atoms with Crippen LogP contribution in [0.1, 0.15) is 35.2 Å². The van der Waals surface area contributed by atoms with Gasteiger partial charge in [-0.3, -0.25) is 0 Å². The van der Waals surface area contributed by atoms with E-state index in [-0.39, 0.29) is 6.04 Å². The van der Waals surface area contributed by atoms with Crippen molar-refractivity contribution in [2.75, 3.05) is 6.54 Å². The lowest BCUT2D eigenvalue weighted by molar-refractivity contribution is 0.504. The van der Waals surface area contributed by atoms with Crippen molar-refractivity contribution in [2.24, 2.45) is 0 Å². The van der Waals surface area contributed by atoms with E-state index >= 15 is 0 Å². The largest absolute Gasteiger partial charge is 0.310 e. The second kappa shape index (κ2) is 6.95. The number of likely N-dealkylation sites (N-methyl/N-ethyl adjacent to an activating group) is 1. The zero-order valence-corrected chi connectivity index (χ0v) is 12.6. The first-order chi connectivity index (χ1) is 9.63. The molecule has 108 valence electrons. The van der Waals surface area contributed by atoms with Gasteiger partial charge >= 0.3 is 0 Å². The molecular weight excluding hydrogens is 276 g/mol. The SMILES string of the molecule is CCNC(Cc1ccc(CC)s1)c1ccc(F)cc1F. The van der Waals surface area contributed by atoms with Crippen LogP contribution in [0.4, 0.5) is 8.78 Å². The topological polar surface area (TPSA) is 12.0 Å². The molecule has 1 heterocycles. The van der Waals surface area contributed by atoms with Gasteiger partial charge in [-0.05, 0) is 31.2 Å². The summed E-state index contributed by atoms with van der Waals surface area (Å²) in [7, 11) is 0. The van der Waals surface area contributed by atoms with Crippen molar-refractivity contribution in [1.29, 1.82) is 0 Å². The highest BCUT2D eigenvalue weighted by Crippen LogP contribution is 2.26. The summed E-state index contributed by atoms with van der Waals surface area (Å²) in [4.78, 5) is 2.55. The third-order valence-corrected chi connectivity index (χ3v) is 4.51. The maximum atomic E-state index is 13.9. The molecule has 0 aliphatic rings. The first-order valence-corrected chi connectivity index (χ1v) is 7.71. The van der Waals surface area contributed by atoms with Crippen molar-refractivity contribution in [3.05, 3.63) is 57.3 Å². The molecule has 1 nitrogen and oxygen atoms in total. The standard InChI is InChI=1S/C16H19F2NS/c1-3-12-6-7-13(20-12)10-16(19-4-2)14-8-5-11(17)9-15(14)18/h5-9,16,19H,3-4,10H2,1-2H3. The average Bonchev–Trinajstić information content (AvgIpc) is 2.86. The second-order valence-corrected chi connectivity index (χ2v) is 5.95. The van der Waals surface area contributed by atoms with Crippen LogP contribution in [0.2, 0.25) is 0 Å². The van der Waals surface area contributed by atoms with Crippen LogP contribution < -0.4 is 5.32 Å². The summed E-state index contributed by atoms with van der Waals surface area (Å²) in [6.07, 6.45) is 1.74. The molecule has 0 fully saturated rings. The molecule has 4 heteroatoms. The van der Waals surface area contributed by atoms with E-state index in [1.807, 2.05) is 6.92 Å². The van der Waals surface area contributed by atoms with E-state index in [1.54, 1.807) is 11.3 Å². The summed E-state index contributed by atoms with van der Waals surface area (Å²) >= 11 is 1.75. The minimum Gasteiger partial charge on any atom is -0.310 e. The van der Waals surface area contributed by atoms with Crippen molar-refractivity contribution in [3.8, 4) is 0 Å².